The zero-order valence-electron chi connectivity index (χ0n) is 10.7. The van der Waals surface area contributed by atoms with E-state index >= 15 is 0 Å². The molecule has 1 aliphatic heterocycles. The maximum Gasteiger partial charge on any atom is 0.181 e. The number of hydrogen-bond donors (Lipinski definition) is 2. The van der Waals surface area contributed by atoms with Gasteiger partial charge in [0.1, 0.15) is 0 Å². The average molecular weight is 263 g/mol. The van der Waals surface area contributed by atoms with Crippen LogP contribution in [0.5, 0.6) is 0 Å². The molecule has 18 heavy (non-hydrogen) atoms. The third-order valence-electron chi connectivity index (χ3n) is 3.16. The van der Waals surface area contributed by atoms with Crippen LogP contribution in [0.1, 0.15) is 31.2 Å². The van der Waals surface area contributed by atoms with Crippen LogP contribution in [-0.2, 0) is 6.54 Å². The van der Waals surface area contributed by atoms with Gasteiger partial charge in [0, 0.05) is 19.6 Å². The number of rotatable bonds is 3. The molecule has 1 fully saturated rings. The van der Waals surface area contributed by atoms with E-state index in [1.165, 1.54) is 31.2 Å². The lowest BCUT2D eigenvalue weighted by Crippen LogP contribution is -2.47. The van der Waals surface area contributed by atoms with Crippen molar-refractivity contribution in [1.82, 2.24) is 15.8 Å². The first kappa shape index (κ1) is 13.3. The maximum atomic E-state index is 5.31. The van der Waals surface area contributed by atoms with Gasteiger partial charge in [0.05, 0.1) is 0 Å². The molecule has 1 aromatic carbocycles. The summed E-state index contributed by atoms with van der Waals surface area (Å²) in [6.07, 6.45) is 5.19. The summed E-state index contributed by atoms with van der Waals surface area (Å²) in [5.74, 6) is 0. The highest BCUT2D eigenvalue weighted by atomic mass is 32.1. The highest BCUT2D eigenvalue weighted by molar-refractivity contribution is 7.80. The molecule has 1 saturated heterocycles. The van der Waals surface area contributed by atoms with Gasteiger partial charge in [-0.05, 0) is 30.6 Å². The van der Waals surface area contributed by atoms with E-state index in [1.807, 2.05) is 18.2 Å². The summed E-state index contributed by atoms with van der Waals surface area (Å²) >= 11 is 5.31. The molecule has 0 aliphatic carbocycles. The normalized spacial score (nSPS) is 16.9. The van der Waals surface area contributed by atoms with Gasteiger partial charge in [-0.3, -0.25) is 5.43 Å². The van der Waals surface area contributed by atoms with Crippen LogP contribution in [0.3, 0.4) is 0 Å². The minimum Gasteiger partial charge on any atom is -0.358 e. The van der Waals surface area contributed by atoms with Crippen LogP contribution in [0.25, 0.3) is 0 Å². The summed E-state index contributed by atoms with van der Waals surface area (Å²) in [5.41, 5.74) is 4.53. The van der Waals surface area contributed by atoms with E-state index < -0.39 is 0 Å². The SMILES string of the molecule is S=C(NCc1ccccc1)NN1CCCCCC1. The quantitative estimate of drug-likeness (QED) is 0.819. The zero-order chi connectivity index (χ0) is 12.6. The van der Waals surface area contributed by atoms with Gasteiger partial charge < -0.3 is 5.32 Å². The molecule has 0 aromatic heterocycles. The second kappa shape index (κ2) is 7.34. The van der Waals surface area contributed by atoms with Crippen molar-refractivity contribution >= 4 is 17.3 Å². The monoisotopic (exact) mass is 263 g/mol. The van der Waals surface area contributed by atoms with Gasteiger partial charge >= 0.3 is 0 Å². The third-order valence-corrected chi connectivity index (χ3v) is 3.40. The van der Waals surface area contributed by atoms with Crippen molar-refractivity contribution in [1.29, 1.82) is 0 Å². The summed E-state index contributed by atoms with van der Waals surface area (Å²) in [7, 11) is 0. The number of hydrazine groups is 1. The summed E-state index contributed by atoms with van der Waals surface area (Å²) in [5, 5.41) is 6.20. The summed E-state index contributed by atoms with van der Waals surface area (Å²) in [4.78, 5) is 0. The summed E-state index contributed by atoms with van der Waals surface area (Å²) in [6, 6.07) is 10.3. The van der Waals surface area contributed by atoms with Gasteiger partial charge in [0.2, 0.25) is 0 Å². The number of nitrogens with one attached hydrogen (secondary N) is 2. The molecule has 3 nitrogen and oxygen atoms in total. The van der Waals surface area contributed by atoms with Crippen LogP contribution in [0.2, 0.25) is 0 Å². The Kier molecular flexibility index (Phi) is 5.42. The largest absolute Gasteiger partial charge is 0.358 e. The molecule has 2 N–H and O–H groups in total. The summed E-state index contributed by atoms with van der Waals surface area (Å²) in [6.45, 7) is 2.96. The Morgan fingerprint density at radius 2 is 1.72 bits per heavy atom. The van der Waals surface area contributed by atoms with Gasteiger partial charge in [-0.15, -0.1) is 0 Å². The molecule has 0 atom stereocenters. The van der Waals surface area contributed by atoms with Crippen molar-refractivity contribution in [2.45, 2.75) is 32.2 Å². The Labute approximate surface area is 115 Å². The lowest BCUT2D eigenvalue weighted by Gasteiger charge is -2.22. The van der Waals surface area contributed by atoms with Crippen LogP contribution in [0, 0.1) is 0 Å². The molecule has 1 aliphatic rings. The molecular weight excluding hydrogens is 242 g/mol. The van der Waals surface area contributed by atoms with Crippen LogP contribution < -0.4 is 10.7 Å². The molecule has 2 rings (SSSR count). The Morgan fingerprint density at radius 3 is 2.39 bits per heavy atom. The smallest absolute Gasteiger partial charge is 0.181 e. The lowest BCUT2D eigenvalue weighted by molar-refractivity contribution is 0.244. The Bertz CT molecular complexity index is 359. The van der Waals surface area contributed by atoms with E-state index in [0.29, 0.717) is 0 Å². The maximum absolute atomic E-state index is 5.31. The Morgan fingerprint density at radius 1 is 1.06 bits per heavy atom. The highest BCUT2D eigenvalue weighted by Gasteiger charge is 2.09. The molecular formula is C14H21N3S. The molecule has 0 bridgehead atoms. The predicted octanol–water partition coefficient (Wildman–Crippen LogP) is 2.44. The van der Waals surface area contributed by atoms with Gasteiger partial charge in [-0.1, -0.05) is 43.2 Å². The van der Waals surface area contributed by atoms with Gasteiger partial charge in [-0.2, -0.15) is 0 Å². The van der Waals surface area contributed by atoms with E-state index in [9.17, 15) is 0 Å². The fraction of sp³-hybridized carbons (Fsp3) is 0.500. The van der Waals surface area contributed by atoms with Crippen molar-refractivity contribution in [2.24, 2.45) is 0 Å². The van der Waals surface area contributed by atoms with Gasteiger partial charge in [-0.25, -0.2) is 5.01 Å². The first-order valence-corrected chi connectivity index (χ1v) is 7.09. The third kappa shape index (κ3) is 4.63. The molecule has 98 valence electrons. The van der Waals surface area contributed by atoms with E-state index in [1.54, 1.807) is 0 Å². The summed E-state index contributed by atoms with van der Waals surface area (Å²) < 4.78 is 0. The molecule has 1 heterocycles. The molecule has 4 heteroatoms. The first-order valence-electron chi connectivity index (χ1n) is 6.68. The molecule has 1 aromatic rings. The first-order chi connectivity index (χ1) is 8.84. The Hall–Kier alpha value is -1.13. The topological polar surface area (TPSA) is 27.3 Å². The fourth-order valence-corrected chi connectivity index (χ4v) is 2.35. The van der Waals surface area contributed by atoms with Gasteiger partial charge in [0.25, 0.3) is 0 Å². The number of nitrogens with zero attached hydrogens (tertiary/aromatic N) is 1. The second-order valence-electron chi connectivity index (χ2n) is 4.68. The standard InChI is InChI=1S/C14H21N3S/c18-14(15-12-13-8-4-3-5-9-13)16-17-10-6-1-2-7-11-17/h3-5,8-9H,1-2,6-7,10-12H2,(H2,15,16,18). The number of hydrogen-bond acceptors (Lipinski definition) is 2. The predicted molar refractivity (Wildman–Crippen MR) is 79.1 cm³/mol. The van der Waals surface area contributed by atoms with Crippen LogP contribution in [0.15, 0.2) is 30.3 Å². The van der Waals surface area contributed by atoms with Crippen LogP contribution in [0.4, 0.5) is 0 Å². The minimum atomic E-state index is 0.723. The fourth-order valence-electron chi connectivity index (χ4n) is 2.14. The molecule has 0 spiro atoms. The molecule has 0 unspecified atom stereocenters. The zero-order valence-corrected chi connectivity index (χ0v) is 11.5. The van der Waals surface area contributed by atoms with E-state index in [4.69, 9.17) is 12.2 Å². The van der Waals surface area contributed by atoms with Crippen molar-refractivity contribution in [3.8, 4) is 0 Å². The van der Waals surface area contributed by atoms with Gasteiger partial charge in [0.15, 0.2) is 5.11 Å². The van der Waals surface area contributed by atoms with Crippen molar-refractivity contribution in [3.63, 3.8) is 0 Å². The molecule has 0 saturated carbocycles. The van der Waals surface area contributed by atoms with Crippen LogP contribution in [-0.4, -0.2) is 23.2 Å². The van der Waals surface area contributed by atoms with Crippen molar-refractivity contribution < 1.29 is 0 Å². The van der Waals surface area contributed by atoms with Crippen molar-refractivity contribution in [3.05, 3.63) is 35.9 Å². The van der Waals surface area contributed by atoms with E-state index in [-0.39, 0.29) is 0 Å². The highest BCUT2D eigenvalue weighted by Crippen LogP contribution is 2.07. The second-order valence-corrected chi connectivity index (χ2v) is 5.09. The number of benzene rings is 1. The molecule has 0 amide bonds. The Balaban J connectivity index is 1.71. The number of thiocarbonyl (C=S) groups is 1. The minimum absolute atomic E-state index is 0.723. The van der Waals surface area contributed by atoms with Crippen LogP contribution >= 0.6 is 12.2 Å². The van der Waals surface area contributed by atoms with Crippen molar-refractivity contribution in [2.75, 3.05) is 13.1 Å². The van der Waals surface area contributed by atoms with E-state index in [2.05, 4.69) is 27.9 Å². The average Bonchev–Trinajstić information content (AvgIpc) is 2.66. The lowest BCUT2D eigenvalue weighted by atomic mass is 10.2. The van der Waals surface area contributed by atoms with E-state index in [0.717, 1.165) is 24.7 Å². The molecule has 0 radical (unpaired) electrons.